The van der Waals surface area contributed by atoms with Crippen LogP contribution in [0.1, 0.15) is 0 Å². The Morgan fingerprint density at radius 2 is 2.20 bits per heavy atom. The molecule has 1 heterocycles. The van der Waals surface area contributed by atoms with Gasteiger partial charge in [0.05, 0.1) is 6.61 Å². The minimum absolute atomic E-state index is 0.0893. The molecule has 0 saturated heterocycles. The van der Waals surface area contributed by atoms with Crippen LogP contribution in [-0.4, -0.2) is 41.1 Å². The summed E-state index contributed by atoms with van der Waals surface area (Å²) in [6, 6.07) is 0. The number of aromatic amines is 1. The summed E-state index contributed by atoms with van der Waals surface area (Å²) in [5.74, 6) is 0.358. The molecule has 0 amide bonds. The Kier molecular flexibility index (Phi) is 3.72. The van der Waals surface area contributed by atoms with E-state index >= 15 is 0 Å². The van der Waals surface area contributed by atoms with Crippen molar-refractivity contribution in [3.8, 4) is 0 Å². The van der Waals surface area contributed by atoms with E-state index in [0.717, 1.165) is 0 Å². The van der Waals surface area contributed by atoms with Crippen molar-refractivity contribution >= 4 is 11.9 Å². The third-order valence-corrected chi connectivity index (χ3v) is 1.30. The Morgan fingerprint density at radius 3 is 2.73 bits per heavy atom. The maximum atomic E-state index is 11.6. The molecular weight excluding hydrogens is 215 g/mol. The molecule has 86 valence electrons. The molecule has 15 heavy (non-hydrogen) atoms. The van der Waals surface area contributed by atoms with Gasteiger partial charge in [-0.3, -0.25) is 0 Å². The maximum Gasteiger partial charge on any atom is 0.411 e. The van der Waals surface area contributed by atoms with Gasteiger partial charge >= 0.3 is 6.18 Å². The standard InChI is InChI=1S/C6H10F3N5O/c7-6(8,9)3-15-2-1-11-5-12-4(10)13-14-5/h1-3H2,(H4,10,11,12,13,14). The summed E-state index contributed by atoms with van der Waals surface area (Å²) in [5, 5.41) is 8.61. The first-order valence-corrected chi connectivity index (χ1v) is 4.03. The normalized spacial score (nSPS) is 11.7. The highest BCUT2D eigenvalue weighted by Gasteiger charge is 2.27. The smallest absolute Gasteiger partial charge is 0.370 e. The molecular formula is C6H10F3N5O. The summed E-state index contributed by atoms with van der Waals surface area (Å²) >= 11 is 0. The molecule has 0 spiro atoms. The third kappa shape index (κ3) is 5.05. The molecule has 0 atom stereocenters. The number of nitrogen functional groups attached to an aromatic ring is 1. The Labute approximate surface area is 83.0 Å². The molecule has 6 nitrogen and oxygen atoms in total. The number of nitrogens with two attached hydrogens (primary N) is 1. The number of nitrogens with zero attached hydrogens (tertiary/aromatic N) is 2. The van der Waals surface area contributed by atoms with Gasteiger partial charge in [0.2, 0.25) is 11.9 Å². The van der Waals surface area contributed by atoms with Crippen LogP contribution in [0.5, 0.6) is 0 Å². The van der Waals surface area contributed by atoms with Gasteiger partial charge in [0.25, 0.3) is 0 Å². The fourth-order valence-corrected chi connectivity index (χ4v) is 0.776. The van der Waals surface area contributed by atoms with E-state index in [2.05, 4.69) is 25.2 Å². The van der Waals surface area contributed by atoms with Crippen molar-refractivity contribution in [3.63, 3.8) is 0 Å². The number of halogens is 3. The second-order valence-electron chi connectivity index (χ2n) is 2.64. The van der Waals surface area contributed by atoms with Crippen molar-refractivity contribution in [1.82, 2.24) is 15.2 Å². The fourth-order valence-electron chi connectivity index (χ4n) is 0.776. The van der Waals surface area contributed by atoms with Crippen LogP contribution in [0.3, 0.4) is 0 Å². The number of H-pyrrole nitrogens is 1. The lowest BCUT2D eigenvalue weighted by molar-refractivity contribution is -0.172. The molecule has 0 aromatic carbocycles. The number of ether oxygens (including phenoxy) is 1. The number of alkyl halides is 3. The molecule has 0 aliphatic carbocycles. The number of rotatable bonds is 5. The highest BCUT2D eigenvalue weighted by atomic mass is 19.4. The Bertz CT molecular complexity index is 299. The quantitative estimate of drug-likeness (QED) is 0.630. The summed E-state index contributed by atoms with van der Waals surface area (Å²) < 4.78 is 39.2. The lowest BCUT2D eigenvalue weighted by Gasteiger charge is -2.07. The predicted molar refractivity (Wildman–Crippen MR) is 46.2 cm³/mol. The van der Waals surface area contributed by atoms with Crippen LogP contribution >= 0.6 is 0 Å². The molecule has 1 aromatic heterocycles. The van der Waals surface area contributed by atoms with Gasteiger partial charge in [0.1, 0.15) is 6.61 Å². The van der Waals surface area contributed by atoms with Crippen molar-refractivity contribution in [2.45, 2.75) is 6.18 Å². The first kappa shape index (κ1) is 11.6. The van der Waals surface area contributed by atoms with Crippen molar-refractivity contribution in [3.05, 3.63) is 0 Å². The molecule has 9 heteroatoms. The molecule has 0 bridgehead atoms. The van der Waals surface area contributed by atoms with E-state index in [1.807, 2.05) is 0 Å². The van der Waals surface area contributed by atoms with Crippen LogP contribution in [0.25, 0.3) is 0 Å². The minimum Gasteiger partial charge on any atom is -0.370 e. The first-order valence-electron chi connectivity index (χ1n) is 4.03. The van der Waals surface area contributed by atoms with E-state index in [1.54, 1.807) is 0 Å². The first-order chi connectivity index (χ1) is 6.97. The maximum absolute atomic E-state index is 11.6. The average molecular weight is 225 g/mol. The predicted octanol–water partition coefficient (Wildman–Crippen LogP) is 0.378. The average Bonchev–Trinajstić information content (AvgIpc) is 2.49. The Morgan fingerprint density at radius 1 is 1.47 bits per heavy atom. The van der Waals surface area contributed by atoms with Crippen molar-refractivity contribution in [1.29, 1.82) is 0 Å². The molecule has 0 aliphatic rings. The second kappa shape index (κ2) is 4.82. The lowest BCUT2D eigenvalue weighted by Crippen LogP contribution is -2.20. The highest BCUT2D eigenvalue weighted by molar-refractivity contribution is 5.29. The zero-order valence-corrected chi connectivity index (χ0v) is 7.64. The largest absolute Gasteiger partial charge is 0.411 e. The zero-order valence-electron chi connectivity index (χ0n) is 7.64. The summed E-state index contributed by atoms with van der Waals surface area (Å²) in [5.41, 5.74) is 5.22. The van der Waals surface area contributed by atoms with E-state index in [9.17, 15) is 13.2 Å². The third-order valence-electron chi connectivity index (χ3n) is 1.30. The van der Waals surface area contributed by atoms with Gasteiger partial charge in [-0.25, -0.2) is 5.10 Å². The molecule has 1 rings (SSSR count). The van der Waals surface area contributed by atoms with E-state index in [-0.39, 0.29) is 25.0 Å². The van der Waals surface area contributed by atoms with Crippen molar-refractivity contribution < 1.29 is 17.9 Å². The highest BCUT2D eigenvalue weighted by Crippen LogP contribution is 2.14. The molecule has 1 aromatic rings. The molecule has 0 fully saturated rings. The van der Waals surface area contributed by atoms with Crippen LogP contribution < -0.4 is 11.1 Å². The number of aromatic nitrogens is 3. The lowest BCUT2D eigenvalue weighted by atomic mass is 10.6. The Balaban J connectivity index is 2.07. The molecule has 0 radical (unpaired) electrons. The summed E-state index contributed by atoms with van der Waals surface area (Å²) in [6.45, 7) is -1.17. The van der Waals surface area contributed by atoms with Gasteiger partial charge < -0.3 is 15.8 Å². The van der Waals surface area contributed by atoms with Crippen LogP contribution in [0.15, 0.2) is 0 Å². The van der Waals surface area contributed by atoms with E-state index in [1.165, 1.54) is 0 Å². The van der Waals surface area contributed by atoms with Gasteiger partial charge in [-0.15, -0.1) is 5.10 Å². The summed E-state index contributed by atoms with van der Waals surface area (Å²) in [7, 11) is 0. The van der Waals surface area contributed by atoms with Crippen molar-refractivity contribution in [2.75, 3.05) is 30.8 Å². The summed E-state index contributed by atoms with van der Waals surface area (Å²) in [4.78, 5) is 3.68. The second-order valence-corrected chi connectivity index (χ2v) is 2.64. The minimum atomic E-state index is -4.30. The zero-order chi connectivity index (χ0) is 11.3. The Hall–Kier alpha value is -1.51. The SMILES string of the molecule is Nc1nc(NCCOCC(F)(F)F)n[nH]1. The van der Waals surface area contributed by atoms with E-state index in [4.69, 9.17) is 5.73 Å². The molecule has 0 aliphatic heterocycles. The van der Waals surface area contributed by atoms with E-state index in [0.29, 0.717) is 0 Å². The molecule has 0 saturated carbocycles. The monoisotopic (exact) mass is 225 g/mol. The summed E-state index contributed by atoms with van der Waals surface area (Å²) in [6.07, 6.45) is -4.30. The van der Waals surface area contributed by atoms with Crippen LogP contribution in [0, 0.1) is 0 Å². The number of hydrogen-bond donors (Lipinski definition) is 3. The van der Waals surface area contributed by atoms with Gasteiger partial charge in [0, 0.05) is 6.54 Å². The van der Waals surface area contributed by atoms with Gasteiger partial charge in [-0.05, 0) is 0 Å². The van der Waals surface area contributed by atoms with Gasteiger partial charge in [-0.2, -0.15) is 18.2 Å². The van der Waals surface area contributed by atoms with E-state index < -0.39 is 12.8 Å². The van der Waals surface area contributed by atoms with Crippen LogP contribution in [0.2, 0.25) is 0 Å². The van der Waals surface area contributed by atoms with Gasteiger partial charge in [-0.1, -0.05) is 0 Å². The topological polar surface area (TPSA) is 88.8 Å². The number of hydrogen-bond acceptors (Lipinski definition) is 5. The molecule has 4 N–H and O–H groups in total. The fraction of sp³-hybridized carbons (Fsp3) is 0.667. The molecule has 0 unspecified atom stereocenters. The van der Waals surface area contributed by atoms with Crippen molar-refractivity contribution in [2.24, 2.45) is 0 Å². The van der Waals surface area contributed by atoms with Crippen LogP contribution in [0.4, 0.5) is 25.1 Å². The number of nitrogens with one attached hydrogen (secondary N) is 2. The van der Waals surface area contributed by atoms with Crippen LogP contribution in [-0.2, 0) is 4.74 Å². The van der Waals surface area contributed by atoms with Gasteiger partial charge in [0.15, 0.2) is 0 Å². The number of anilines is 2.